The summed E-state index contributed by atoms with van der Waals surface area (Å²) in [4.78, 5) is 11.7. The molecule has 1 aliphatic rings. The number of halogens is 2. The zero-order valence-corrected chi connectivity index (χ0v) is 11.8. The minimum absolute atomic E-state index is 0.0640. The van der Waals surface area contributed by atoms with Crippen molar-refractivity contribution < 1.29 is 13.6 Å². The fourth-order valence-corrected chi connectivity index (χ4v) is 2.65. The van der Waals surface area contributed by atoms with E-state index in [1.807, 2.05) is 0 Å². The first-order valence-electron chi connectivity index (χ1n) is 6.85. The molecule has 3 nitrogen and oxygen atoms in total. The first kappa shape index (κ1) is 14.9. The lowest BCUT2D eigenvalue weighted by Crippen LogP contribution is -2.35. The molecule has 1 saturated carbocycles. The number of amides is 1. The van der Waals surface area contributed by atoms with Crippen molar-refractivity contribution in [3.05, 3.63) is 29.8 Å². The molecule has 0 saturated heterocycles. The minimum Gasteiger partial charge on any atom is -0.320 e. The molecule has 1 unspecified atom stereocenters. The van der Waals surface area contributed by atoms with E-state index in [9.17, 15) is 13.6 Å². The number of para-hydroxylation sites is 1. The van der Waals surface area contributed by atoms with Crippen LogP contribution in [0.5, 0.6) is 0 Å². The standard InChI is InChI=1S/C15H20F2N2O/c1-15(2)7-6-10(8-15)18-9-13(20)19-14-11(16)4-3-5-12(14)17/h3-5,10,18H,6-9H2,1-2H3,(H,19,20). The number of carbonyl (C=O) groups is 1. The molecule has 2 rings (SSSR count). The number of hydrogen-bond acceptors (Lipinski definition) is 2. The summed E-state index contributed by atoms with van der Waals surface area (Å²) in [5.41, 5.74) is -0.0859. The quantitative estimate of drug-likeness (QED) is 0.891. The van der Waals surface area contributed by atoms with Crippen molar-refractivity contribution in [2.75, 3.05) is 11.9 Å². The van der Waals surface area contributed by atoms with Crippen LogP contribution in [0.2, 0.25) is 0 Å². The van der Waals surface area contributed by atoms with Crippen LogP contribution in [-0.4, -0.2) is 18.5 Å². The van der Waals surface area contributed by atoms with Gasteiger partial charge in [-0.3, -0.25) is 4.79 Å². The second kappa shape index (κ2) is 5.87. The van der Waals surface area contributed by atoms with Gasteiger partial charge < -0.3 is 10.6 Å². The Labute approximate surface area is 117 Å². The highest BCUT2D eigenvalue weighted by Crippen LogP contribution is 2.36. The number of rotatable bonds is 4. The van der Waals surface area contributed by atoms with E-state index >= 15 is 0 Å². The molecule has 110 valence electrons. The first-order chi connectivity index (χ1) is 9.37. The first-order valence-corrected chi connectivity index (χ1v) is 6.85. The van der Waals surface area contributed by atoms with Crippen LogP contribution in [0.25, 0.3) is 0 Å². The summed E-state index contributed by atoms with van der Waals surface area (Å²) < 4.78 is 26.8. The molecule has 1 atom stereocenters. The summed E-state index contributed by atoms with van der Waals surface area (Å²) in [5.74, 6) is -1.96. The van der Waals surface area contributed by atoms with Gasteiger partial charge in [-0.2, -0.15) is 0 Å². The van der Waals surface area contributed by atoms with E-state index in [0.717, 1.165) is 31.4 Å². The van der Waals surface area contributed by atoms with E-state index in [2.05, 4.69) is 24.5 Å². The lowest BCUT2D eigenvalue weighted by molar-refractivity contribution is -0.115. The van der Waals surface area contributed by atoms with Crippen molar-refractivity contribution in [2.24, 2.45) is 5.41 Å². The van der Waals surface area contributed by atoms with E-state index in [0.29, 0.717) is 11.5 Å². The maximum absolute atomic E-state index is 13.4. The van der Waals surface area contributed by atoms with E-state index in [-0.39, 0.29) is 12.2 Å². The van der Waals surface area contributed by atoms with Gasteiger partial charge in [-0.1, -0.05) is 19.9 Å². The Balaban J connectivity index is 1.84. The molecule has 0 heterocycles. The Hall–Kier alpha value is -1.49. The third kappa shape index (κ3) is 3.76. The molecule has 0 spiro atoms. The molecule has 0 bridgehead atoms. The van der Waals surface area contributed by atoms with E-state index in [4.69, 9.17) is 0 Å². The summed E-state index contributed by atoms with van der Waals surface area (Å²) in [6, 6.07) is 3.79. The molecule has 2 N–H and O–H groups in total. The number of anilines is 1. The fourth-order valence-electron chi connectivity index (χ4n) is 2.65. The lowest BCUT2D eigenvalue weighted by atomic mass is 9.92. The van der Waals surface area contributed by atoms with Crippen LogP contribution in [0, 0.1) is 17.0 Å². The largest absolute Gasteiger partial charge is 0.320 e. The van der Waals surface area contributed by atoms with Crippen molar-refractivity contribution in [1.82, 2.24) is 5.32 Å². The van der Waals surface area contributed by atoms with Gasteiger partial charge >= 0.3 is 0 Å². The molecule has 1 amide bonds. The third-order valence-corrected chi connectivity index (χ3v) is 3.75. The predicted octanol–water partition coefficient (Wildman–Crippen LogP) is 3.07. The third-order valence-electron chi connectivity index (χ3n) is 3.75. The van der Waals surface area contributed by atoms with Crippen molar-refractivity contribution >= 4 is 11.6 Å². The van der Waals surface area contributed by atoms with Gasteiger partial charge in [-0.05, 0) is 36.8 Å². The van der Waals surface area contributed by atoms with Crippen molar-refractivity contribution in [1.29, 1.82) is 0 Å². The van der Waals surface area contributed by atoms with Crippen LogP contribution in [0.15, 0.2) is 18.2 Å². The molecule has 0 radical (unpaired) electrons. The number of carbonyl (C=O) groups excluding carboxylic acids is 1. The Kier molecular flexibility index (Phi) is 4.38. The molecule has 0 aromatic heterocycles. The summed E-state index contributed by atoms with van der Waals surface area (Å²) in [6.45, 7) is 4.46. The van der Waals surface area contributed by atoms with Crippen LogP contribution >= 0.6 is 0 Å². The Bertz CT molecular complexity index is 482. The van der Waals surface area contributed by atoms with Crippen molar-refractivity contribution in [3.8, 4) is 0 Å². The van der Waals surface area contributed by atoms with Crippen LogP contribution in [0.4, 0.5) is 14.5 Å². The minimum atomic E-state index is -0.764. The van der Waals surface area contributed by atoms with Gasteiger partial charge in [0.15, 0.2) is 0 Å². The van der Waals surface area contributed by atoms with Gasteiger partial charge in [0.2, 0.25) is 5.91 Å². The Morgan fingerprint density at radius 1 is 1.35 bits per heavy atom. The number of benzene rings is 1. The smallest absolute Gasteiger partial charge is 0.238 e. The molecule has 20 heavy (non-hydrogen) atoms. The number of nitrogens with one attached hydrogen (secondary N) is 2. The molecule has 1 aliphatic carbocycles. The van der Waals surface area contributed by atoms with Gasteiger partial charge in [0, 0.05) is 6.04 Å². The maximum Gasteiger partial charge on any atom is 0.238 e. The van der Waals surface area contributed by atoms with Crippen molar-refractivity contribution in [3.63, 3.8) is 0 Å². The second-order valence-corrected chi connectivity index (χ2v) is 6.13. The molecule has 5 heteroatoms. The summed E-state index contributed by atoms with van der Waals surface area (Å²) in [7, 11) is 0. The van der Waals surface area contributed by atoms with E-state index in [1.165, 1.54) is 6.07 Å². The zero-order chi connectivity index (χ0) is 14.8. The van der Waals surface area contributed by atoms with Crippen molar-refractivity contribution in [2.45, 2.75) is 39.2 Å². The lowest BCUT2D eigenvalue weighted by Gasteiger charge is -2.17. The van der Waals surface area contributed by atoms with Gasteiger partial charge in [-0.15, -0.1) is 0 Å². The normalized spacial score (nSPS) is 20.9. The predicted molar refractivity (Wildman–Crippen MR) is 74.4 cm³/mol. The second-order valence-electron chi connectivity index (χ2n) is 6.13. The monoisotopic (exact) mass is 282 g/mol. The zero-order valence-electron chi connectivity index (χ0n) is 11.8. The highest BCUT2D eigenvalue weighted by Gasteiger charge is 2.30. The molecule has 1 fully saturated rings. The Morgan fingerprint density at radius 2 is 2.00 bits per heavy atom. The van der Waals surface area contributed by atoms with Gasteiger partial charge in [0.05, 0.1) is 6.54 Å². The average Bonchev–Trinajstić information content (AvgIpc) is 2.71. The average molecular weight is 282 g/mol. The van der Waals surface area contributed by atoms with Crippen LogP contribution < -0.4 is 10.6 Å². The molecule has 1 aromatic carbocycles. The topological polar surface area (TPSA) is 41.1 Å². The molecule has 0 aliphatic heterocycles. The SMILES string of the molecule is CC1(C)CCC(NCC(=O)Nc2c(F)cccc2F)C1. The molecular formula is C15H20F2N2O. The summed E-state index contributed by atoms with van der Waals surface area (Å²) in [6.07, 6.45) is 3.15. The fraction of sp³-hybridized carbons (Fsp3) is 0.533. The van der Waals surface area contributed by atoms with E-state index < -0.39 is 17.5 Å². The maximum atomic E-state index is 13.4. The highest BCUT2D eigenvalue weighted by molar-refractivity contribution is 5.92. The summed E-state index contributed by atoms with van der Waals surface area (Å²) in [5, 5.41) is 5.41. The van der Waals surface area contributed by atoms with Crippen LogP contribution in [0.3, 0.4) is 0 Å². The van der Waals surface area contributed by atoms with Gasteiger partial charge in [0.25, 0.3) is 0 Å². The number of hydrogen-bond donors (Lipinski definition) is 2. The molecule has 1 aromatic rings. The van der Waals surface area contributed by atoms with Crippen LogP contribution in [-0.2, 0) is 4.79 Å². The van der Waals surface area contributed by atoms with Gasteiger partial charge in [-0.25, -0.2) is 8.78 Å². The van der Waals surface area contributed by atoms with Gasteiger partial charge in [0.1, 0.15) is 17.3 Å². The van der Waals surface area contributed by atoms with Crippen LogP contribution in [0.1, 0.15) is 33.1 Å². The van der Waals surface area contributed by atoms with E-state index in [1.54, 1.807) is 0 Å². The summed E-state index contributed by atoms with van der Waals surface area (Å²) >= 11 is 0. The Morgan fingerprint density at radius 3 is 2.55 bits per heavy atom. The molecular weight excluding hydrogens is 262 g/mol. The highest BCUT2D eigenvalue weighted by atomic mass is 19.1.